The summed E-state index contributed by atoms with van der Waals surface area (Å²) in [4.78, 5) is 26.5. The van der Waals surface area contributed by atoms with Crippen molar-refractivity contribution in [3.05, 3.63) is 97.4 Å². The van der Waals surface area contributed by atoms with Crippen molar-refractivity contribution >= 4 is 27.5 Å². The predicted molar refractivity (Wildman–Crippen MR) is 139 cm³/mol. The fraction of sp³-hybridized carbons (Fsp3) is 0.231. The third kappa shape index (κ3) is 5.45. The highest BCUT2D eigenvalue weighted by Crippen LogP contribution is 2.29. The summed E-state index contributed by atoms with van der Waals surface area (Å²) in [5.41, 5.74) is 2.31. The molecule has 0 unspecified atom stereocenters. The Labute approximate surface area is 216 Å². The normalized spacial score (nSPS) is 11.5. The summed E-state index contributed by atoms with van der Waals surface area (Å²) >= 11 is 9.86. The lowest BCUT2D eigenvalue weighted by Gasteiger charge is -2.17. The molecule has 0 saturated carbocycles. The monoisotopic (exact) mass is 554 g/mol. The van der Waals surface area contributed by atoms with Crippen molar-refractivity contribution in [3.63, 3.8) is 0 Å². The highest BCUT2D eigenvalue weighted by Gasteiger charge is 2.21. The van der Waals surface area contributed by atoms with Gasteiger partial charge in [0, 0.05) is 11.8 Å². The van der Waals surface area contributed by atoms with Gasteiger partial charge in [-0.05, 0) is 67.4 Å². The number of hydrogen-bond acceptors (Lipinski definition) is 6. The van der Waals surface area contributed by atoms with Gasteiger partial charge in [-0.25, -0.2) is 9.97 Å². The third-order valence-electron chi connectivity index (χ3n) is 5.31. The van der Waals surface area contributed by atoms with E-state index in [9.17, 15) is 9.90 Å². The van der Waals surface area contributed by atoms with Crippen LogP contribution in [0.15, 0.2) is 64.0 Å². The highest BCUT2D eigenvalue weighted by molar-refractivity contribution is 9.10. The minimum atomic E-state index is -1.19. The van der Waals surface area contributed by atoms with Crippen molar-refractivity contribution in [2.75, 3.05) is 0 Å². The van der Waals surface area contributed by atoms with Crippen molar-refractivity contribution in [3.8, 4) is 22.8 Å². The fourth-order valence-corrected chi connectivity index (χ4v) is 4.16. The minimum absolute atomic E-state index is 0.198. The van der Waals surface area contributed by atoms with E-state index in [0.717, 1.165) is 11.1 Å². The van der Waals surface area contributed by atoms with Crippen LogP contribution < -0.4 is 10.3 Å². The van der Waals surface area contributed by atoms with E-state index in [1.807, 2.05) is 31.2 Å². The Kier molecular flexibility index (Phi) is 7.07. The maximum atomic E-state index is 13.3. The molecule has 180 valence electrons. The topological polar surface area (TPSA) is 90.1 Å². The van der Waals surface area contributed by atoms with Crippen molar-refractivity contribution < 1.29 is 9.84 Å². The Morgan fingerprint density at radius 2 is 1.89 bits per heavy atom. The van der Waals surface area contributed by atoms with E-state index >= 15 is 0 Å². The Hall–Kier alpha value is -3.07. The van der Waals surface area contributed by atoms with Gasteiger partial charge in [0.05, 0.1) is 16.4 Å². The summed E-state index contributed by atoms with van der Waals surface area (Å²) in [5.74, 6) is 0.916. The molecule has 2 aromatic heterocycles. The smallest absolute Gasteiger partial charge is 0.276 e. The molecule has 0 aliphatic carbocycles. The van der Waals surface area contributed by atoms with Crippen molar-refractivity contribution in [2.45, 2.75) is 39.9 Å². The Morgan fingerprint density at radius 1 is 1.11 bits per heavy atom. The van der Waals surface area contributed by atoms with E-state index in [2.05, 4.69) is 30.9 Å². The Morgan fingerprint density at radius 3 is 2.60 bits per heavy atom. The second kappa shape index (κ2) is 9.89. The van der Waals surface area contributed by atoms with Crippen LogP contribution in [0.1, 0.15) is 36.6 Å². The molecule has 0 bridgehead atoms. The van der Waals surface area contributed by atoms with Gasteiger partial charge >= 0.3 is 0 Å². The van der Waals surface area contributed by atoms with Crippen LogP contribution in [0.25, 0.3) is 16.9 Å². The molecule has 2 aromatic carbocycles. The molecular formula is C26H24BrClN4O3. The van der Waals surface area contributed by atoms with Crippen LogP contribution in [-0.2, 0) is 12.2 Å². The lowest BCUT2D eigenvalue weighted by Crippen LogP contribution is -2.24. The van der Waals surface area contributed by atoms with Crippen LogP contribution in [0.3, 0.4) is 0 Å². The SMILES string of the molecule is Cc1cccc(COc2nc(C)n(-c3cc(-c4ccnc(C(C)(C)O)n4)ccc3Cl)c(=O)c2Br)c1. The van der Waals surface area contributed by atoms with E-state index in [-0.39, 0.29) is 22.5 Å². The number of rotatable bonds is 6. The van der Waals surface area contributed by atoms with E-state index in [4.69, 9.17) is 16.3 Å². The third-order valence-corrected chi connectivity index (χ3v) is 6.31. The first-order chi connectivity index (χ1) is 16.5. The van der Waals surface area contributed by atoms with E-state index in [1.54, 1.807) is 51.2 Å². The van der Waals surface area contributed by atoms with E-state index in [0.29, 0.717) is 33.6 Å². The van der Waals surface area contributed by atoms with Gasteiger partial charge in [0.1, 0.15) is 22.5 Å². The fourth-order valence-electron chi connectivity index (χ4n) is 3.57. The summed E-state index contributed by atoms with van der Waals surface area (Å²) in [6.07, 6.45) is 1.58. The number of hydrogen-bond donors (Lipinski definition) is 1. The van der Waals surface area contributed by atoms with Crippen LogP contribution in [0, 0.1) is 13.8 Å². The highest BCUT2D eigenvalue weighted by atomic mass is 79.9. The Balaban J connectivity index is 1.72. The van der Waals surface area contributed by atoms with Crippen molar-refractivity contribution in [2.24, 2.45) is 0 Å². The molecule has 7 nitrogen and oxygen atoms in total. The van der Waals surface area contributed by atoms with Crippen molar-refractivity contribution in [1.29, 1.82) is 0 Å². The molecule has 0 aliphatic rings. The molecule has 0 atom stereocenters. The number of halogens is 2. The zero-order valence-corrected chi connectivity index (χ0v) is 22.1. The molecule has 0 aliphatic heterocycles. The van der Waals surface area contributed by atoms with Crippen LogP contribution in [0.2, 0.25) is 5.02 Å². The van der Waals surface area contributed by atoms with Crippen LogP contribution in [0.4, 0.5) is 0 Å². The lowest BCUT2D eigenvalue weighted by atomic mass is 10.1. The summed E-state index contributed by atoms with van der Waals surface area (Å²) in [6, 6.07) is 14.9. The van der Waals surface area contributed by atoms with Gasteiger partial charge in [-0.15, -0.1) is 0 Å². The number of benzene rings is 2. The van der Waals surface area contributed by atoms with Crippen LogP contribution in [-0.4, -0.2) is 24.6 Å². The second-order valence-electron chi connectivity index (χ2n) is 8.69. The first-order valence-electron chi connectivity index (χ1n) is 10.9. The molecule has 0 radical (unpaired) electrons. The minimum Gasteiger partial charge on any atom is -0.472 e. The average molecular weight is 556 g/mol. The molecule has 1 N–H and O–H groups in total. The van der Waals surface area contributed by atoms with Gasteiger partial charge in [-0.1, -0.05) is 47.5 Å². The van der Waals surface area contributed by atoms with Gasteiger partial charge in [-0.3, -0.25) is 9.36 Å². The second-order valence-corrected chi connectivity index (χ2v) is 9.89. The molecule has 0 spiro atoms. The molecule has 4 rings (SSSR count). The first kappa shape index (κ1) is 25.0. The zero-order chi connectivity index (χ0) is 25.3. The number of aryl methyl sites for hydroxylation is 2. The molecule has 0 amide bonds. The maximum Gasteiger partial charge on any atom is 0.276 e. The summed E-state index contributed by atoms with van der Waals surface area (Å²) in [5, 5.41) is 10.7. The van der Waals surface area contributed by atoms with E-state index < -0.39 is 5.60 Å². The predicted octanol–water partition coefficient (Wildman–Crippen LogP) is 5.53. The average Bonchev–Trinajstić information content (AvgIpc) is 2.81. The maximum absolute atomic E-state index is 13.3. The summed E-state index contributed by atoms with van der Waals surface area (Å²) in [7, 11) is 0. The van der Waals surface area contributed by atoms with Gasteiger partial charge in [0.25, 0.3) is 5.56 Å². The Bertz CT molecular complexity index is 1460. The van der Waals surface area contributed by atoms with Gasteiger partial charge in [-0.2, -0.15) is 4.98 Å². The first-order valence-corrected chi connectivity index (χ1v) is 12.1. The standard InChI is InChI=1S/C26H24BrClN4O3/c1-15-6-5-7-17(12-15)14-35-23-22(27)24(33)32(16(2)30-23)21-13-18(8-9-19(21)28)20-10-11-29-25(31-20)26(3,4)34/h5-13,34H,14H2,1-4H3. The number of aromatic nitrogens is 4. The molecule has 4 aromatic rings. The quantitative estimate of drug-likeness (QED) is 0.337. The summed E-state index contributed by atoms with van der Waals surface area (Å²) < 4.78 is 7.48. The molecular weight excluding hydrogens is 532 g/mol. The molecule has 0 fully saturated rings. The molecule has 2 heterocycles. The van der Waals surface area contributed by atoms with Crippen LogP contribution >= 0.6 is 27.5 Å². The van der Waals surface area contributed by atoms with Crippen molar-refractivity contribution in [1.82, 2.24) is 19.5 Å². The zero-order valence-electron chi connectivity index (χ0n) is 19.7. The molecule has 35 heavy (non-hydrogen) atoms. The number of nitrogens with zero attached hydrogens (tertiary/aromatic N) is 4. The van der Waals surface area contributed by atoms with Gasteiger partial charge in [0.15, 0.2) is 5.82 Å². The lowest BCUT2D eigenvalue weighted by molar-refractivity contribution is 0.0688. The summed E-state index contributed by atoms with van der Waals surface area (Å²) in [6.45, 7) is 7.24. The van der Waals surface area contributed by atoms with Crippen LogP contribution in [0.5, 0.6) is 5.88 Å². The van der Waals surface area contributed by atoms with Gasteiger partial charge < -0.3 is 9.84 Å². The molecule has 0 saturated heterocycles. The largest absolute Gasteiger partial charge is 0.472 e. The van der Waals surface area contributed by atoms with Gasteiger partial charge in [0.2, 0.25) is 5.88 Å². The van der Waals surface area contributed by atoms with E-state index in [1.165, 1.54) is 4.57 Å². The number of aliphatic hydroxyl groups is 1. The molecule has 9 heteroatoms. The number of ether oxygens (including phenoxy) is 1.